The highest BCUT2D eigenvalue weighted by Gasteiger charge is 2.60. The standard InChI is InChI=1S/C9H8O4.C6H14O3/c10-5-2-1-3-6(4-5)11-8-7-9(12-7)13-8;1-2-6(3-7,4-8)5-9/h1-4,7-10H;7-9H,2-5H2,1H3. The Morgan fingerprint density at radius 2 is 1.82 bits per heavy atom. The molecule has 0 bridgehead atoms. The van der Waals surface area contributed by atoms with E-state index < -0.39 is 5.41 Å². The van der Waals surface area contributed by atoms with Gasteiger partial charge in [-0.25, -0.2) is 0 Å². The second-order valence-corrected chi connectivity index (χ2v) is 5.42. The lowest BCUT2D eigenvalue weighted by molar-refractivity contribution is -0.152. The largest absolute Gasteiger partial charge is 0.508 e. The molecule has 7 nitrogen and oxygen atoms in total. The summed E-state index contributed by atoms with van der Waals surface area (Å²) < 4.78 is 15.5. The molecule has 3 rings (SSSR count). The number of aliphatic hydroxyl groups is 3. The van der Waals surface area contributed by atoms with Gasteiger partial charge < -0.3 is 34.6 Å². The summed E-state index contributed by atoms with van der Waals surface area (Å²) in [4.78, 5) is 0. The summed E-state index contributed by atoms with van der Waals surface area (Å²) in [5, 5.41) is 35.1. The number of benzene rings is 1. The van der Waals surface area contributed by atoms with Crippen LogP contribution in [0.3, 0.4) is 0 Å². The van der Waals surface area contributed by atoms with Gasteiger partial charge >= 0.3 is 0 Å². The number of epoxide rings is 1. The van der Waals surface area contributed by atoms with Gasteiger partial charge in [-0.1, -0.05) is 13.0 Å². The van der Waals surface area contributed by atoms with E-state index in [9.17, 15) is 0 Å². The molecule has 3 unspecified atom stereocenters. The molecular weight excluding hydrogens is 292 g/mol. The van der Waals surface area contributed by atoms with E-state index in [0.717, 1.165) is 0 Å². The Morgan fingerprint density at radius 1 is 1.14 bits per heavy atom. The third kappa shape index (κ3) is 3.88. The Kier molecular flexibility index (Phi) is 5.60. The van der Waals surface area contributed by atoms with Crippen molar-refractivity contribution in [2.75, 3.05) is 19.8 Å². The third-order valence-electron chi connectivity index (χ3n) is 3.85. The fraction of sp³-hybridized carbons (Fsp3) is 0.600. The van der Waals surface area contributed by atoms with Gasteiger partial charge in [-0.05, 0) is 18.6 Å². The molecule has 1 aromatic carbocycles. The van der Waals surface area contributed by atoms with Crippen LogP contribution in [0.5, 0.6) is 11.5 Å². The Hall–Kier alpha value is -1.38. The number of phenols is 1. The second-order valence-electron chi connectivity index (χ2n) is 5.42. The number of rotatable bonds is 6. The monoisotopic (exact) mass is 314 g/mol. The fourth-order valence-corrected chi connectivity index (χ4v) is 1.80. The first-order chi connectivity index (χ1) is 10.6. The average Bonchev–Trinajstić information content (AvgIpc) is 3.19. The van der Waals surface area contributed by atoms with Crippen LogP contribution < -0.4 is 4.74 Å². The van der Waals surface area contributed by atoms with E-state index in [1.807, 2.05) is 6.92 Å². The molecule has 2 saturated heterocycles. The number of hydrogen-bond donors (Lipinski definition) is 4. The first-order valence-corrected chi connectivity index (χ1v) is 7.16. The SMILES string of the molecule is CCC(CO)(CO)CO.Oc1cccc(OC2OC3OC23)c1. The summed E-state index contributed by atoms with van der Waals surface area (Å²) >= 11 is 0. The topological polar surface area (TPSA) is 112 Å². The third-order valence-corrected chi connectivity index (χ3v) is 3.85. The lowest BCUT2D eigenvalue weighted by atomic mass is 9.88. The van der Waals surface area contributed by atoms with Crippen LogP contribution in [0.4, 0.5) is 0 Å². The van der Waals surface area contributed by atoms with Crippen molar-refractivity contribution in [2.24, 2.45) is 5.41 Å². The molecule has 1 aromatic rings. The van der Waals surface area contributed by atoms with Gasteiger partial charge in [-0.2, -0.15) is 0 Å². The van der Waals surface area contributed by atoms with E-state index >= 15 is 0 Å². The molecule has 4 N–H and O–H groups in total. The first-order valence-electron chi connectivity index (χ1n) is 7.16. The number of aromatic hydroxyl groups is 1. The van der Waals surface area contributed by atoms with Gasteiger partial charge in [0, 0.05) is 11.5 Å². The molecular formula is C15H22O7. The number of ether oxygens (including phenoxy) is 3. The molecule has 0 amide bonds. The summed E-state index contributed by atoms with van der Waals surface area (Å²) in [6.45, 7) is 1.35. The van der Waals surface area contributed by atoms with Crippen molar-refractivity contribution >= 4 is 0 Å². The Labute approximate surface area is 128 Å². The summed E-state index contributed by atoms with van der Waals surface area (Å²) in [6, 6.07) is 6.61. The van der Waals surface area contributed by atoms with Crippen LogP contribution in [0.2, 0.25) is 0 Å². The van der Waals surface area contributed by atoms with Crippen molar-refractivity contribution in [3.8, 4) is 11.5 Å². The fourth-order valence-electron chi connectivity index (χ4n) is 1.80. The molecule has 0 saturated carbocycles. The van der Waals surface area contributed by atoms with E-state index in [1.54, 1.807) is 24.3 Å². The highest BCUT2D eigenvalue weighted by atomic mass is 16.9. The van der Waals surface area contributed by atoms with Crippen LogP contribution in [0, 0.1) is 5.41 Å². The molecule has 0 aliphatic carbocycles. The molecule has 2 fully saturated rings. The van der Waals surface area contributed by atoms with Gasteiger partial charge in [-0.15, -0.1) is 0 Å². The Morgan fingerprint density at radius 3 is 2.18 bits per heavy atom. The van der Waals surface area contributed by atoms with Crippen molar-refractivity contribution < 1.29 is 34.6 Å². The van der Waals surface area contributed by atoms with Gasteiger partial charge in [0.05, 0.1) is 19.8 Å². The van der Waals surface area contributed by atoms with E-state index in [1.165, 1.54) is 0 Å². The normalized spacial score (nSPS) is 25.4. The molecule has 22 heavy (non-hydrogen) atoms. The van der Waals surface area contributed by atoms with Crippen LogP contribution in [0.15, 0.2) is 24.3 Å². The minimum absolute atomic E-state index is 0.0395. The van der Waals surface area contributed by atoms with Crippen LogP contribution in [-0.4, -0.2) is 58.9 Å². The molecule has 0 aromatic heterocycles. The maximum atomic E-state index is 9.14. The smallest absolute Gasteiger partial charge is 0.233 e. The summed E-state index contributed by atoms with van der Waals surface area (Å²) in [7, 11) is 0. The Balaban J connectivity index is 0.000000175. The highest BCUT2D eigenvalue weighted by molar-refractivity contribution is 5.32. The van der Waals surface area contributed by atoms with E-state index in [0.29, 0.717) is 12.2 Å². The van der Waals surface area contributed by atoms with Gasteiger partial charge in [0.1, 0.15) is 11.5 Å². The summed E-state index contributed by atoms with van der Waals surface area (Å²) in [5.74, 6) is 0.782. The Bertz CT molecular complexity index is 457. The first kappa shape index (κ1) is 17.0. The number of phenolic OH excluding ortho intramolecular Hbond substituents is 1. The van der Waals surface area contributed by atoms with Crippen molar-refractivity contribution in [1.82, 2.24) is 0 Å². The van der Waals surface area contributed by atoms with Gasteiger partial charge in [0.25, 0.3) is 0 Å². The van der Waals surface area contributed by atoms with E-state index in [-0.39, 0.29) is 44.3 Å². The number of fused-ring (bicyclic) bond motifs is 1. The molecule has 0 spiro atoms. The zero-order valence-corrected chi connectivity index (χ0v) is 12.4. The van der Waals surface area contributed by atoms with Crippen LogP contribution in [0.25, 0.3) is 0 Å². The lowest BCUT2D eigenvalue weighted by Gasteiger charge is -2.24. The van der Waals surface area contributed by atoms with Crippen LogP contribution >= 0.6 is 0 Å². The average molecular weight is 314 g/mol. The maximum Gasteiger partial charge on any atom is 0.233 e. The van der Waals surface area contributed by atoms with Crippen LogP contribution in [0.1, 0.15) is 13.3 Å². The van der Waals surface area contributed by atoms with Gasteiger partial charge in [0.15, 0.2) is 12.4 Å². The quantitative estimate of drug-likeness (QED) is 0.555. The zero-order chi connectivity index (χ0) is 16.2. The second kappa shape index (κ2) is 7.26. The predicted molar refractivity (Wildman–Crippen MR) is 76.3 cm³/mol. The van der Waals surface area contributed by atoms with Crippen molar-refractivity contribution in [3.63, 3.8) is 0 Å². The molecule has 3 atom stereocenters. The summed E-state index contributed by atoms with van der Waals surface area (Å²) in [6.07, 6.45) is 0.354. The van der Waals surface area contributed by atoms with Gasteiger partial charge in [-0.3, -0.25) is 0 Å². The maximum absolute atomic E-state index is 9.14. The predicted octanol–water partition coefficient (Wildman–Crippen LogP) is 0.212. The lowest BCUT2D eigenvalue weighted by Crippen LogP contribution is -2.38. The number of hydrogen-bond acceptors (Lipinski definition) is 7. The van der Waals surface area contributed by atoms with Crippen molar-refractivity contribution in [1.29, 1.82) is 0 Å². The van der Waals surface area contributed by atoms with E-state index in [2.05, 4.69) is 0 Å². The molecule has 2 aliphatic rings. The molecule has 2 heterocycles. The van der Waals surface area contributed by atoms with Crippen LogP contribution in [-0.2, 0) is 9.47 Å². The van der Waals surface area contributed by atoms with Crippen molar-refractivity contribution in [3.05, 3.63) is 24.3 Å². The molecule has 2 aliphatic heterocycles. The molecule has 7 heteroatoms. The summed E-state index contributed by atoms with van der Waals surface area (Å²) in [5.41, 5.74) is -0.667. The molecule has 124 valence electrons. The number of aliphatic hydroxyl groups excluding tert-OH is 3. The highest BCUT2D eigenvalue weighted by Crippen LogP contribution is 2.41. The van der Waals surface area contributed by atoms with E-state index in [4.69, 9.17) is 34.6 Å². The molecule has 0 radical (unpaired) electrons. The minimum Gasteiger partial charge on any atom is -0.508 e. The zero-order valence-electron chi connectivity index (χ0n) is 12.4. The van der Waals surface area contributed by atoms with Crippen molar-refractivity contribution in [2.45, 2.75) is 32.0 Å². The minimum atomic E-state index is -0.667. The van der Waals surface area contributed by atoms with Gasteiger partial charge in [0.2, 0.25) is 6.29 Å².